The number of nitrogens with zero attached hydrogens (tertiary/aromatic N) is 2. The van der Waals surface area contributed by atoms with Crippen molar-refractivity contribution in [1.29, 1.82) is 0 Å². The van der Waals surface area contributed by atoms with Crippen LogP contribution in [0.1, 0.15) is 37.2 Å². The Labute approximate surface area is 130 Å². The molecule has 7 nitrogen and oxygen atoms in total. The molecule has 1 aliphatic rings. The Kier molecular flexibility index (Phi) is 5.33. The summed E-state index contributed by atoms with van der Waals surface area (Å²) in [6.07, 6.45) is 4.40. The van der Waals surface area contributed by atoms with Gasteiger partial charge in [-0.25, -0.2) is 18.4 Å². The molecule has 0 aliphatic carbocycles. The van der Waals surface area contributed by atoms with Crippen molar-refractivity contribution in [1.82, 2.24) is 15.3 Å². The minimum atomic E-state index is -3.01. The summed E-state index contributed by atoms with van der Waals surface area (Å²) < 4.78 is 22.7. The lowest BCUT2D eigenvalue weighted by Gasteiger charge is -2.11. The van der Waals surface area contributed by atoms with Crippen molar-refractivity contribution in [2.75, 3.05) is 23.4 Å². The average Bonchev–Trinajstić information content (AvgIpc) is 2.78. The van der Waals surface area contributed by atoms with Crippen LogP contribution in [0.4, 0.5) is 5.82 Å². The van der Waals surface area contributed by atoms with Gasteiger partial charge in [0, 0.05) is 12.6 Å². The summed E-state index contributed by atoms with van der Waals surface area (Å²) in [5.74, 6) is 0.973. The molecule has 0 bridgehead atoms. The molecular formula is C14H22N4O3S. The zero-order chi connectivity index (χ0) is 16.2. The largest absolute Gasteiger partial charge is 0.369 e. The number of carbonyl (C=O) groups excluding carboxylic acids is 1. The first-order valence-corrected chi connectivity index (χ1v) is 9.25. The van der Waals surface area contributed by atoms with Crippen LogP contribution < -0.4 is 10.6 Å². The fraction of sp³-hybridized carbons (Fsp3) is 0.643. The molecule has 22 heavy (non-hydrogen) atoms. The van der Waals surface area contributed by atoms with E-state index in [1.807, 2.05) is 0 Å². The van der Waals surface area contributed by atoms with Crippen molar-refractivity contribution in [2.45, 2.75) is 32.7 Å². The van der Waals surface area contributed by atoms with Crippen molar-refractivity contribution >= 4 is 21.6 Å². The highest BCUT2D eigenvalue weighted by Crippen LogP contribution is 2.12. The fourth-order valence-electron chi connectivity index (χ4n) is 2.19. The van der Waals surface area contributed by atoms with E-state index in [1.165, 1.54) is 12.4 Å². The van der Waals surface area contributed by atoms with Crippen LogP contribution in [-0.4, -0.2) is 48.4 Å². The summed E-state index contributed by atoms with van der Waals surface area (Å²) in [7, 11) is -3.01. The van der Waals surface area contributed by atoms with Crippen molar-refractivity contribution in [3.63, 3.8) is 0 Å². The smallest absolute Gasteiger partial charge is 0.271 e. The second kappa shape index (κ2) is 7.04. The number of carbonyl (C=O) groups is 1. The lowest BCUT2D eigenvalue weighted by molar-refractivity contribution is 0.0935. The first kappa shape index (κ1) is 16.7. The van der Waals surface area contributed by atoms with E-state index in [1.54, 1.807) is 0 Å². The van der Waals surface area contributed by atoms with E-state index in [2.05, 4.69) is 34.4 Å². The number of amides is 1. The van der Waals surface area contributed by atoms with Crippen LogP contribution in [0.15, 0.2) is 12.4 Å². The van der Waals surface area contributed by atoms with E-state index >= 15 is 0 Å². The molecule has 1 amide bonds. The average molecular weight is 326 g/mol. The van der Waals surface area contributed by atoms with E-state index in [0.29, 0.717) is 18.2 Å². The lowest BCUT2D eigenvalue weighted by atomic mass is 10.1. The predicted octanol–water partition coefficient (Wildman–Crippen LogP) is 0.851. The Morgan fingerprint density at radius 1 is 1.36 bits per heavy atom. The van der Waals surface area contributed by atoms with Crippen molar-refractivity contribution in [2.24, 2.45) is 5.92 Å². The molecule has 2 heterocycles. The lowest BCUT2D eigenvalue weighted by Crippen LogP contribution is -2.36. The van der Waals surface area contributed by atoms with Gasteiger partial charge in [-0.1, -0.05) is 13.8 Å². The summed E-state index contributed by atoms with van der Waals surface area (Å²) in [5, 5.41) is 5.83. The van der Waals surface area contributed by atoms with Crippen LogP contribution in [-0.2, 0) is 9.84 Å². The molecule has 1 atom stereocenters. The number of hydrogen-bond acceptors (Lipinski definition) is 6. The molecule has 1 unspecified atom stereocenters. The minimum absolute atomic E-state index is 0.00100. The Morgan fingerprint density at radius 3 is 2.68 bits per heavy atom. The Bertz CT molecular complexity index is 613. The van der Waals surface area contributed by atoms with Crippen LogP contribution in [0, 0.1) is 5.92 Å². The molecule has 1 aromatic heterocycles. The molecule has 122 valence electrons. The summed E-state index contributed by atoms with van der Waals surface area (Å²) >= 11 is 0. The van der Waals surface area contributed by atoms with Gasteiger partial charge in [0.15, 0.2) is 9.84 Å². The maximum Gasteiger partial charge on any atom is 0.271 e. The Hall–Kier alpha value is -1.70. The third-order valence-electron chi connectivity index (χ3n) is 3.48. The summed E-state index contributed by atoms with van der Waals surface area (Å²) in [6.45, 7) is 5.09. The fourth-order valence-corrected chi connectivity index (χ4v) is 3.87. The zero-order valence-electron chi connectivity index (χ0n) is 12.9. The first-order chi connectivity index (χ1) is 10.4. The maximum atomic E-state index is 12.0. The number of hydrogen-bond donors (Lipinski definition) is 2. The van der Waals surface area contributed by atoms with Crippen LogP contribution in [0.5, 0.6) is 0 Å². The number of sulfone groups is 1. The minimum Gasteiger partial charge on any atom is -0.369 e. The quantitative estimate of drug-likeness (QED) is 0.804. The second-order valence-corrected chi connectivity index (χ2v) is 8.20. The van der Waals surface area contributed by atoms with Crippen LogP contribution in [0.2, 0.25) is 0 Å². The summed E-state index contributed by atoms with van der Waals surface area (Å²) in [6, 6.07) is -0.330. The Balaban J connectivity index is 1.86. The molecule has 0 radical (unpaired) electrons. The first-order valence-electron chi connectivity index (χ1n) is 7.43. The zero-order valence-corrected chi connectivity index (χ0v) is 13.7. The molecule has 2 rings (SSSR count). The van der Waals surface area contributed by atoms with E-state index in [9.17, 15) is 13.2 Å². The maximum absolute atomic E-state index is 12.0. The van der Waals surface area contributed by atoms with E-state index in [0.717, 1.165) is 13.0 Å². The molecule has 8 heteroatoms. The van der Waals surface area contributed by atoms with Crippen LogP contribution in [0.25, 0.3) is 0 Å². The molecule has 0 spiro atoms. The van der Waals surface area contributed by atoms with E-state index in [-0.39, 0.29) is 29.1 Å². The van der Waals surface area contributed by atoms with Gasteiger partial charge in [0.1, 0.15) is 11.5 Å². The van der Waals surface area contributed by atoms with E-state index in [4.69, 9.17) is 0 Å². The number of anilines is 1. The number of aromatic nitrogens is 2. The van der Waals surface area contributed by atoms with E-state index < -0.39 is 9.84 Å². The van der Waals surface area contributed by atoms with Gasteiger partial charge >= 0.3 is 0 Å². The third-order valence-corrected chi connectivity index (χ3v) is 5.25. The number of rotatable bonds is 6. The highest BCUT2D eigenvalue weighted by molar-refractivity contribution is 7.91. The molecule has 0 aromatic carbocycles. The van der Waals surface area contributed by atoms with Crippen LogP contribution >= 0.6 is 0 Å². The normalized spacial score (nSPS) is 20.0. The summed E-state index contributed by atoms with van der Waals surface area (Å²) in [5.41, 5.74) is 0.193. The number of nitrogens with one attached hydrogen (secondary N) is 2. The molecule has 1 aromatic rings. The molecule has 2 N–H and O–H groups in total. The topological polar surface area (TPSA) is 101 Å². The SMILES string of the molecule is CC(C)CCNc1cnc(C(=O)NC2CCS(=O)(=O)C2)cn1. The highest BCUT2D eigenvalue weighted by atomic mass is 32.2. The van der Waals surface area contributed by atoms with Crippen LogP contribution in [0.3, 0.4) is 0 Å². The molecule has 1 aliphatic heterocycles. The van der Waals surface area contributed by atoms with Gasteiger partial charge in [-0.3, -0.25) is 4.79 Å². The van der Waals surface area contributed by atoms with Crippen molar-refractivity contribution < 1.29 is 13.2 Å². The standard InChI is InChI=1S/C14H22N4O3S/c1-10(2)3-5-15-13-8-16-12(7-17-13)14(19)18-11-4-6-22(20,21)9-11/h7-8,10-11H,3-6,9H2,1-2H3,(H,15,17)(H,18,19). The summed E-state index contributed by atoms with van der Waals surface area (Å²) in [4.78, 5) is 20.2. The van der Waals surface area contributed by atoms with Gasteiger partial charge in [0.25, 0.3) is 5.91 Å². The van der Waals surface area contributed by atoms with Gasteiger partial charge < -0.3 is 10.6 Å². The highest BCUT2D eigenvalue weighted by Gasteiger charge is 2.29. The van der Waals surface area contributed by atoms with Gasteiger partial charge in [-0.05, 0) is 18.8 Å². The monoisotopic (exact) mass is 326 g/mol. The van der Waals surface area contributed by atoms with Gasteiger partial charge in [0.05, 0.1) is 23.9 Å². The van der Waals surface area contributed by atoms with Gasteiger partial charge in [-0.15, -0.1) is 0 Å². The molecule has 1 fully saturated rings. The van der Waals surface area contributed by atoms with Gasteiger partial charge in [-0.2, -0.15) is 0 Å². The molecular weight excluding hydrogens is 304 g/mol. The Morgan fingerprint density at radius 2 is 2.14 bits per heavy atom. The second-order valence-electron chi connectivity index (χ2n) is 5.97. The predicted molar refractivity (Wildman–Crippen MR) is 84.5 cm³/mol. The molecule has 1 saturated heterocycles. The van der Waals surface area contributed by atoms with Gasteiger partial charge in [0.2, 0.25) is 0 Å². The van der Waals surface area contributed by atoms with Crippen molar-refractivity contribution in [3.05, 3.63) is 18.1 Å². The third kappa shape index (κ3) is 4.94. The van der Waals surface area contributed by atoms with Crippen molar-refractivity contribution in [3.8, 4) is 0 Å². The molecule has 0 saturated carbocycles.